The maximum Gasteiger partial charge on any atom is 0.254 e. The number of halogens is 1. The standard InChI is InChI=1S/C23H18FN3O3/c1-27-20-9-6-17(26-22(28)11-15-3-2-10-25-14-15)12-19(20)21(13-23(27)29)30-18-7-4-16(24)5-8-18/h2-10,12-14H,11H2,1H3,(H,26,28). The summed E-state index contributed by atoms with van der Waals surface area (Å²) < 4.78 is 20.5. The number of anilines is 1. The number of hydrogen-bond acceptors (Lipinski definition) is 4. The lowest BCUT2D eigenvalue weighted by Gasteiger charge is -2.13. The van der Waals surface area contributed by atoms with Crippen molar-refractivity contribution in [3.8, 4) is 11.5 Å². The zero-order valence-electron chi connectivity index (χ0n) is 16.1. The summed E-state index contributed by atoms with van der Waals surface area (Å²) in [7, 11) is 1.66. The monoisotopic (exact) mass is 403 g/mol. The number of nitrogens with one attached hydrogen (secondary N) is 1. The highest BCUT2D eigenvalue weighted by Crippen LogP contribution is 2.30. The molecule has 0 saturated heterocycles. The molecular weight excluding hydrogens is 385 g/mol. The number of amides is 1. The summed E-state index contributed by atoms with van der Waals surface area (Å²) in [6.45, 7) is 0. The lowest BCUT2D eigenvalue weighted by atomic mass is 10.1. The third-order valence-corrected chi connectivity index (χ3v) is 4.62. The third-order valence-electron chi connectivity index (χ3n) is 4.62. The number of carbonyl (C=O) groups excluding carboxylic acids is 1. The van der Waals surface area contributed by atoms with Crippen LogP contribution in [0.2, 0.25) is 0 Å². The molecule has 0 atom stereocenters. The molecule has 0 spiro atoms. The number of fused-ring (bicyclic) bond motifs is 1. The highest BCUT2D eigenvalue weighted by molar-refractivity contribution is 5.96. The van der Waals surface area contributed by atoms with E-state index in [0.29, 0.717) is 28.1 Å². The molecule has 7 heteroatoms. The van der Waals surface area contributed by atoms with E-state index in [9.17, 15) is 14.0 Å². The van der Waals surface area contributed by atoms with Gasteiger partial charge in [0.1, 0.15) is 17.3 Å². The van der Waals surface area contributed by atoms with Gasteiger partial charge in [-0.2, -0.15) is 0 Å². The second-order valence-electron chi connectivity index (χ2n) is 6.78. The van der Waals surface area contributed by atoms with Gasteiger partial charge in [0.05, 0.1) is 11.9 Å². The summed E-state index contributed by atoms with van der Waals surface area (Å²) >= 11 is 0. The second-order valence-corrected chi connectivity index (χ2v) is 6.78. The van der Waals surface area contributed by atoms with Crippen molar-refractivity contribution >= 4 is 22.5 Å². The van der Waals surface area contributed by atoms with E-state index in [-0.39, 0.29) is 23.7 Å². The minimum absolute atomic E-state index is 0.187. The molecule has 0 radical (unpaired) electrons. The largest absolute Gasteiger partial charge is 0.456 e. The molecule has 150 valence electrons. The van der Waals surface area contributed by atoms with Crippen LogP contribution in [0.4, 0.5) is 10.1 Å². The molecule has 2 aromatic carbocycles. The number of aromatic nitrogens is 2. The topological polar surface area (TPSA) is 73.2 Å². The highest BCUT2D eigenvalue weighted by Gasteiger charge is 2.12. The molecule has 1 N–H and O–H groups in total. The summed E-state index contributed by atoms with van der Waals surface area (Å²) in [5, 5.41) is 3.50. The van der Waals surface area contributed by atoms with Gasteiger partial charge in [0.15, 0.2) is 0 Å². The third kappa shape index (κ3) is 4.20. The molecule has 30 heavy (non-hydrogen) atoms. The summed E-state index contributed by atoms with van der Waals surface area (Å²) in [6, 6.07) is 15.7. The van der Waals surface area contributed by atoms with Gasteiger partial charge in [-0.15, -0.1) is 0 Å². The van der Waals surface area contributed by atoms with E-state index >= 15 is 0 Å². The van der Waals surface area contributed by atoms with Crippen molar-refractivity contribution in [1.82, 2.24) is 9.55 Å². The van der Waals surface area contributed by atoms with Gasteiger partial charge in [0.2, 0.25) is 5.91 Å². The van der Waals surface area contributed by atoms with E-state index in [1.165, 1.54) is 34.9 Å². The molecule has 0 saturated carbocycles. The van der Waals surface area contributed by atoms with Gasteiger partial charge in [0.25, 0.3) is 5.56 Å². The molecule has 4 aromatic rings. The molecule has 0 aliphatic heterocycles. The van der Waals surface area contributed by atoms with E-state index in [0.717, 1.165) is 5.56 Å². The number of pyridine rings is 2. The van der Waals surface area contributed by atoms with Crippen LogP contribution in [0.1, 0.15) is 5.56 Å². The molecule has 0 aliphatic rings. The Hall–Kier alpha value is -4.00. The molecule has 2 aromatic heterocycles. The van der Waals surface area contributed by atoms with Crippen LogP contribution in [0.25, 0.3) is 10.9 Å². The van der Waals surface area contributed by atoms with Gasteiger partial charge in [-0.05, 0) is 54.1 Å². The number of aryl methyl sites for hydroxylation is 1. The molecule has 4 rings (SSSR count). The first-order valence-corrected chi connectivity index (χ1v) is 9.25. The number of rotatable bonds is 5. The number of carbonyl (C=O) groups is 1. The maximum absolute atomic E-state index is 13.2. The van der Waals surface area contributed by atoms with Gasteiger partial charge in [-0.3, -0.25) is 14.6 Å². The fraction of sp³-hybridized carbons (Fsp3) is 0.0870. The quantitative estimate of drug-likeness (QED) is 0.546. The first kappa shape index (κ1) is 19.3. The number of ether oxygens (including phenoxy) is 1. The van der Waals surface area contributed by atoms with Crippen LogP contribution in [0, 0.1) is 5.82 Å². The second kappa shape index (κ2) is 8.16. The van der Waals surface area contributed by atoms with Crippen molar-refractivity contribution in [2.24, 2.45) is 7.05 Å². The highest BCUT2D eigenvalue weighted by atomic mass is 19.1. The average molecular weight is 403 g/mol. The van der Waals surface area contributed by atoms with E-state index in [4.69, 9.17) is 4.74 Å². The van der Waals surface area contributed by atoms with Gasteiger partial charge in [0, 0.05) is 36.6 Å². The van der Waals surface area contributed by atoms with E-state index in [1.807, 2.05) is 6.07 Å². The first-order valence-electron chi connectivity index (χ1n) is 9.25. The average Bonchev–Trinajstić information content (AvgIpc) is 2.74. The van der Waals surface area contributed by atoms with Crippen molar-refractivity contribution in [1.29, 1.82) is 0 Å². The fourth-order valence-electron chi connectivity index (χ4n) is 3.12. The first-order chi connectivity index (χ1) is 14.5. The van der Waals surface area contributed by atoms with Gasteiger partial charge in [-0.1, -0.05) is 6.07 Å². The summed E-state index contributed by atoms with van der Waals surface area (Å²) in [4.78, 5) is 28.7. The molecule has 0 unspecified atom stereocenters. The van der Waals surface area contributed by atoms with Crippen LogP contribution < -0.4 is 15.6 Å². The van der Waals surface area contributed by atoms with Crippen molar-refractivity contribution in [2.75, 3.05) is 5.32 Å². The Kier molecular flexibility index (Phi) is 5.26. The Labute approximate surface area is 171 Å². The molecule has 0 aliphatic carbocycles. The van der Waals surface area contributed by atoms with Gasteiger partial charge >= 0.3 is 0 Å². The van der Waals surface area contributed by atoms with Crippen molar-refractivity contribution in [2.45, 2.75) is 6.42 Å². The SMILES string of the molecule is Cn1c(=O)cc(Oc2ccc(F)cc2)c2cc(NC(=O)Cc3cccnc3)ccc21. The van der Waals surface area contributed by atoms with Crippen LogP contribution in [-0.2, 0) is 18.3 Å². The Morgan fingerprint density at radius 2 is 1.93 bits per heavy atom. The number of benzene rings is 2. The van der Waals surface area contributed by atoms with E-state index in [2.05, 4.69) is 10.3 Å². The smallest absolute Gasteiger partial charge is 0.254 e. The minimum atomic E-state index is -0.380. The van der Waals surface area contributed by atoms with E-state index in [1.54, 1.807) is 43.7 Å². The normalized spacial score (nSPS) is 10.7. The summed E-state index contributed by atoms with van der Waals surface area (Å²) in [5.74, 6) is 0.156. The fourth-order valence-corrected chi connectivity index (χ4v) is 3.12. The number of hydrogen-bond donors (Lipinski definition) is 1. The Morgan fingerprint density at radius 3 is 2.67 bits per heavy atom. The lowest BCUT2D eigenvalue weighted by molar-refractivity contribution is -0.115. The van der Waals surface area contributed by atoms with Gasteiger partial charge < -0.3 is 14.6 Å². The van der Waals surface area contributed by atoms with Crippen molar-refractivity contribution < 1.29 is 13.9 Å². The molecular formula is C23H18FN3O3. The van der Waals surface area contributed by atoms with Crippen molar-refractivity contribution in [3.05, 3.63) is 94.8 Å². The lowest BCUT2D eigenvalue weighted by Crippen LogP contribution is -2.17. The Balaban J connectivity index is 1.66. The zero-order valence-corrected chi connectivity index (χ0v) is 16.1. The molecule has 2 heterocycles. The van der Waals surface area contributed by atoms with Crippen LogP contribution in [0.15, 0.2) is 77.9 Å². The predicted octanol–water partition coefficient (Wildman–Crippen LogP) is 4.05. The van der Waals surface area contributed by atoms with Crippen LogP contribution in [0.3, 0.4) is 0 Å². The summed E-state index contributed by atoms with van der Waals surface area (Å²) in [5.41, 5.74) is 1.77. The van der Waals surface area contributed by atoms with Crippen LogP contribution in [0.5, 0.6) is 11.5 Å². The maximum atomic E-state index is 13.2. The van der Waals surface area contributed by atoms with Gasteiger partial charge in [-0.25, -0.2) is 4.39 Å². The van der Waals surface area contributed by atoms with Crippen LogP contribution in [-0.4, -0.2) is 15.5 Å². The van der Waals surface area contributed by atoms with E-state index < -0.39 is 0 Å². The molecule has 6 nitrogen and oxygen atoms in total. The Morgan fingerprint density at radius 1 is 1.13 bits per heavy atom. The minimum Gasteiger partial charge on any atom is -0.456 e. The van der Waals surface area contributed by atoms with Crippen molar-refractivity contribution in [3.63, 3.8) is 0 Å². The van der Waals surface area contributed by atoms with Crippen LogP contribution >= 0.6 is 0 Å². The predicted molar refractivity (Wildman–Crippen MR) is 112 cm³/mol. The molecule has 0 bridgehead atoms. The Bertz CT molecular complexity index is 1270. The molecule has 1 amide bonds. The molecule has 0 fully saturated rings. The zero-order chi connectivity index (χ0) is 21.1. The number of nitrogens with zero attached hydrogens (tertiary/aromatic N) is 2. The summed E-state index contributed by atoms with van der Waals surface area (Å²) in [6.07, 6.45) is 3.49.